The molecule has 0 unspecified atom stereocenters. The van der Waals surface area contributed by atoms with Crippen LogP contribution in [0.4, 0.5) is 0 Å². The predicted octanol–water partition coefficient (Wildman–Crippen LogP) is 6.55. The molecule has 0 aliphatic heterocycles. The Bertz CT molecular complexity index is 224. The quantitative estimate of drug-likeness (QED) is 0.257. The fourth-order valence-corrected chi connectivity index (χ4v) is 2.27. The molecule has 0 saturated carbocycles. The van der Waals surface area contributed by atoms with Gasteiger partial charge in [-0.3, -0.25) is 0 Å². The Labute approximate surface area is 121 Å². The lowest BCUT2D eigenvalue weighted by Crippen LogP contribution is -1.81. The third-order valence-corrected chi connectivity index (χ3v) is 3.55. The number of hydrogen-bond acceptors (Lipinski definition) is 1. The normalized spacial score (nSPS) is 10.9. The summed E-state index contributed by atoms with van der Waals surface area (Å²) >= 11 is 0. The summed E-state index contributed by atoms with van der Waals surface area (Å²) in [6.45, 7) is 2.26. The van der Waals surface area contributed by atoms with Crippen LogP contribution in [0.2, 0.25) is 0 Å². The molecule has 0 rings (SSSR count). The molecule has 0 bridgehead atoms. The molecule has 0 amide bonds. The summed E-state index contributed by atoms with van der Waals surface area (Å²) in [5.74, 6) is 0. The van der Waals surface area contributed by atoms with Crippen molar-refractivity contribution in [2.24, 2.45) is 0 Å². The Kier molecular flexibility index (Phi) is 16.5. The topological polar surface area (TPSA) is 23.8 Å². The Hall–Kier alpha value is -0.770. The SMILES string of the molecule is CCCCCC=CCCCCCCCCCCC#N. The molecule has 0 spiro atoms. The number of nitrogens with zero attached hydrogens (tertiary/aromatic N) is 1. The summed E-state index contributed by atoms with van der Waals surface area (Å²) in [5.41, 5.74) is 0. The van der Waals surface area contributed by atoms with Crippen LogP contribution in [0, 0.1) is 11.3 Å². The van der Waals surface area contributed by atoms with E-state index in [1.807, 2.05) is 0 Å². The van der Waals surface area contributed by atoms with Crippen molar-refractivity contribution in [2.45, 2.75) is 96.8 Å². The van der Waals surface area contributed by atoms with Crippen LogP contribution in [0.5, 0.6) is 0 Å². The average Bonchev–Trinajstić information content (AvgIpc) is 2.43. The lowest BCUT2D eigenvalue weighted by molar-refractivity contribution is 0.572. The number of nitriles is 1. The molecule has 0 aliphatic carbocycles. The van der Waals surface area contributed by atoms with E-state index in [0.717, 1.165) is 12.8 Å². The fraction of sp³-hybridized carbons (Fsp3) is 0.833. The van der Waals surface area contributed by atoms with Gasteiger partial charge in [0.05, 0.1) is 6.07 Å². The smallest absolute Gasteiger partial charge is 0.0621 e. The zero-order chi connectivity index (χ0) is 14.0. The van der Waals surface area contributed by atoms with E-state index < -0.39 is 0 Å². The van der Waals surface area contributed by atoms with E-state index in [2.05, 4.69) is 25.1 Å². The van der Waals surface area contributed by atoms with Crippen LogP contribution in [0.3, 0.4) is 0 Å². The number of rotatable bonds is 14. The maximum atomic E-state index is 8.41. The lowest BCUT2D eigenvalue weighted by atomic mass is 10.1. The third kappa shape index (κ3) is 17.2. The second kappa shape index (κ2) is 17.2. The molecule has 0 atom stereocenters. The lowest BCUT2D eigenvalue weighted by Gasteiger charge is -2.00. The maximum Gasteiger partial charge on any atom is 0.0621 e. The fourth-order valence-electron chi connectivity index (χ4n) is 2.27. The molecule has 1 heteroatoms. The van der Waals surface area contributed by atoms with Crippen molar-refractivity contribution in [3.05, 3.63) is 12.2 Å². The van der Waals surface area contributed by atoms with Crippen LogP contribution >= 0.6 is 0 Å². The first-order valence-corrected chi connectivity index (χ1v) is 8.43. The Morgan fingerprint density at radius 1 is 0.684 bits per heavy atom. The first-order valence-electron chi connectivity index (χ1n) is 8.43. The van der Waals surface area contributed by atoms with Gasteiger partial charge in [-0.25, -0.2) is 0 Å². The molecule has 1 nitrogen and oxygen atoms in total. The summed E-state index contributed by atoms with van der Waals surface area (Å²) in [5, 5.41) is 8.41. The van der Waals surface area contributed by atoms with Crippen LogP contribution in [-0.4, -0.2) is 0 Å². The largest absolute Gasteiger partial charge is 0.198 e. The van der Waals surface area contributed by atoms with Crippen LogP contribution in [0.15, 0.2) is 12.2 Å². The predicted molar refractivity (Wildman–Crippen MR) is 85.1 cm³/mol. The molecule has 0 radical (unpaired) electrons. The second-order valence-corrected chi connectivity index (χ2v) is 5.49. The van der Waals surface area contributed by atoms with Gasteiger partial charge in [0.1, 0.15) is 0 Å². The van der Waals surface area contributed by atoms with E-state index in [0.29, 0.717) is 0 Å². The summed E-state index contributed by atoms with van der Waals surface area (Å²) in [4.78, 5) is 0. The van der Waals surface area contributed by atoms with Crippen molar-refractivity contribution >= 4 is 0 Å². The van der Waals surface area contributed by atoms with Crippen molar-refractivity contribution in [3.63, 3.8) is 0 Å². The van der Waals surface area contributed by atoms with Crippen LogP contribution in [0.1, 0.15) is 96.8 Å². The van der Waals surface area contributed by atoms with Crippen molar-refractivity contribution < 1.29 is 0 Å². The van der Waals surface area contributed by atoms with Gasteiger partial charge in [-0.05, 0) is 32.1 Å². The van der Waals surface area contributed by atoms with Crippen LogP contribution < -0.4 is 0 Å². The van der Waals surface area contributed by atoms with Crippen molar-refractivity contribution in [1.29, 1.82) is 5.26 Å². The summed E-state index contributed by atoms with van der Waals surface area (Å²) in [6, 6.07) is 2.21. The van der Waals surface area contributed by atoms with Crippen LogP contribution in [-0.2, 0) is 0 Å². The van der Waals surface area contributed by atoms with Gasteiger partial charge in [0.25, 0.3) is 0 Å². The molecule has 0 aromatic carbocycles. The van der Waals surface area contributed by atoms with E-state index in [1.165, 1.54) is 77.0 Å². The minimum absolute atomic E-state index is 0.741. The van der Waals surface area contributed by atoms with E-state index in [-0.39, 0.29) is 0 Å². The summed E-state index contributed by atoms with van der Waals surface area (Å²) < 4.78 is 0. The van der Waals surface area contributed by atoms with Gasteiger partial charge in [0.2, 0.25) is 0 Å². The molecule has 0 aliphatic rings. The summed E-state index contributed by atoms with van der Waals surface area (Å²) in [7, 11) is 0. The van der Waals surface area contributed by atoms with Crippen LogP contribution in [0.25, 0.3) is 0 Å². The molecule has 0 fully saturated rings. The molecule has 110 valence electrons. The second-order valence-electron chi connectivity index (χ2n) is 5.49. The van der Waals surface area contributed by atoms with Crippen molar-refractivity contribution in [2.75, 3.05) is 0 Å². The first-order chi connectivity index (χ1) is 9.41. The maximum absolute atomic E-state index is 8.41. The summed E-state index contributed by atoms with van der Waals surface area (Å²) in [6.07, 6.45) is 22.6. The standard InChI is InChI=1S/C18H33N/c1-2-3-4-5-6-7-8-9-10-11-12-13-14-15-16-17-18-19/h6-7H,2-5,8-17H2,1H3. The molecular formula is C18H33N. The number of allylic oxidation sites excluding steroid dienone is 2. The molecule has 19 heavy (non-hydrogen) atoms. The minimum Gasteiger partial charge on any atom is -0.198 e. The molecule has 0 aromatic rings. The van der Waals surface area contributed by atoms with E-state index in [9.17, 15) is 0 Å². The molecule has 0 N–H and O–H groups in total. The first kappa shape index (κ1) is 18.2. The highest BCUT2D eigenvalue weighted by atomic mass is 14.2. The molecule has 0 heterocycles. The number of hydrogen-bond donors (Lipinski definition) is 0. The zero-order valence-corrected chi connectivity index (χ0v) is 13.0. The Balaban J connectivity index is 3.00. The van der Waals surface area contributed by atoms with Gasteiger partial charge in [-0.1, -0.05) is 70.4 Å². The van der Waals surface area contributed by atoms with Gasteiger partial charge < -0.3 is 0 Å². The highest BCUT2D eigenvalue weighted by Crippen LogP contribution is 2.10. The molecule has 0 aromatic heterocycles. The zero-order valence-electron chi connectivity index (χ0n) is 13.0. The molecular weight excluding hydrogens is 230 g/mol. The Morgan fingerprint density at radius 3 is 1.68 bits per heavy atom. The number of unbranched alkanes of at least 4 members (excludes halogenated alkanes) is 12. The van der Waals surface area contributed by atoms with Gasteiger partial charge in [0, 0.05) is 6.42 Å². The van der Waals surface area contributed by atoms with Crippen molar-refractivity contribution in [3.8, 4) is 6.07 Å². The highest BCUT2D eigenvalue weighted by Gasteiger charge is 1.91. The van der Waals surface area contributed by atoms with Gasteiger partial charge in [0.15, 0.2) is 0 Å². The van der Waals surface area contributed by atoms with Crippen molar-refractivity contribution in [1.82, 2.24) is 0 Å². The third-order valence-electron chi connectivity index (χ3n) is 3.55. The Morgan fingerprint density at radius 2 is 1.16 bits per heavy atom. The average molecular weight is 263 g/mol. The monoisotopic (exact) mass is 263 g/mol. The highest BCUT2D eigenvalue weighted by molar-refractivity contribution is 4.81. The van der Waals surface area contributed by atoms with Gasteiger partial charge in [-0.2, -0.15) is 5.26 Å². The van der Waals surface area contributed by atoms with E-state index >= 15 is 0 Å². The van der Waals surface area contributed by atoms with E-state index in [4.69, 9.17) is 5.26 Å². The van der Waals surface area contributed by atoms with E-state index in [1.54, 1.807) is 0 Å². The van der Waals surface area contributed by atoms with Gasteiger partial charge >= 0.3 is 0 Å². The van der Waals surface area contributed by atoms with Gasteiger partial charge in [-0.15, -0.1) is 0 Å². The minimum atomic E-state index is 0.741. The molecule has 0 saturated heterocycles.